The van der Waals surface area contributed by atoms with E-state index < -0.39 is 66.9 Å². The molecule has 3 amide bonds. The molecule has 0 aromatic heterocycles. The van der Waals surface area contributed by atoms with E-state index in [1.54, 1.807) is 30.3 Å². The largest absolute Gasteiger partial charge is 0.481 e. The fourth-order valence-electron chi connectivity index (χ4n) is 2.53. The van der Waals surface area contributed by atoms with Gasteiger partial charge in [-0.25, -0.2) is 4.79 Å². The van der Waals surface area contributed by atoms with Crippen molar-refractivity contribution in [2.75, 3.05) is 12.4 Å². The average Bonchev–Trinajstić information content (AvgIpc) is 2.75. The molecule has 0 aliphatic carbocycles. The van der Waals surface area contributed by atoms with Gasteiger partial charge >= 0.3 is 11.9 Å². The van der Waals surface area contributed by atoms with Gasteiger partial charge in [0.25, 0.3) is 0 Å². The highest BCUT2D eigenvalue weighted by Gasteiger charge is 2.31. The van der Waals surface area contributed by atoms with Gasteiger partial charge in [0.1, 0.15) is 24.2 Å². The minimum Gasteiger partial charge on any atom is -0.481 e. The quantitative estimate of drug-likeness (QED) is 0.143. The fourth-order valence-corrected chi connectivity index (χ4v) is 2.79. The third-order valence-electron chi connectivity index (χ3n) is 4.26. The monoisotopic (exact) mass is 470 g/mol. The van der Waals surface area contributed by atoms with Gasteiger partial charge in [-0.3, -0.25) is 19.2 Å². The van der Waals surface area contributed by atoms with E-state index in [1.807, 2.05) is 0 Å². The van der Waals surface area contributed by atoms with Crippen LogP contribution < -0.4 is 21.7 Å². The molecule has 0 aliphatic heterocycles. The van der Waals surface area contributed by atoms with Crippen molar-refractivity contribution in [3.8, 4) is 0 Å². The average molecular weight is 471 g/mol. The van der Waals surface area contributed by atoms with E-state index in [0.717, 1.165) is 0 Å². The van der Waals surface area contributed by atoms with Crippen LogP contribution in [-0.2, 0) is 30.4 Å². The summed E-state index contributed by atoms with van der Waals surface area (Å²) in [6, 6.07) is 2.87. The number of nitrogens with one attached hydrogen (secondary N) is 3. The van der Waals surface area contributed by atoms with E-state index in [1.165, 1.54) is 0 Å². The van der Waals surface area contributed by atoms with E-state index in [9.17, 15) is 29.1 Å². The molecule has 0 saturated carbocycles. The zero-order valence-corrected chi connectivity index (χ0v) is 17.8. The highest BCUT2D eigenvalue weighted by atomic mass is 32.1. The van der Waals surface area contributed by atoms with Crippen LogP contribution in [0.5, 0.6) is 0 Å². The van der Waals surface area contributed by atoms with Crippen LogP contribution >= 0.6 is 12.6 Å². The van der Waals surface area contributed by atoms with Crippen molar-refractivity contribution in [2.45, 2.75) is 37.0 Å². The summed E-state index contributed by atoms with van der Waals surface area (Å²) >= 11 is 3.94. The molecule has 0 aliphatic rings. The molecule has 1 aromatic carbocycles. The maximum absolute atomic E-state index is 12.6. The van der Waals surface area contributed by atoms with Crippen LogP contribution in [0, 0.1) is 0 Å². The van der Waals surface area contributed by atoms with E-state index in [0.29, 0.717) is 5.56 Å². The number of benzene rings is 1. The first kappa shape index (κ1) is 26.9. The Labute approximate surface area is 189 Å². The molecule has 0 bridgehead atoms. The van der Waals surface area contributed by atoms with Gasteiger partial charge in [0.2, 0.25) is 17.7 Å². The van der Waals surface area contributed by atoms with Crippen LogP contribution in [0.3, 0.4) is 0 Å². The first-order chi connectivity index (χ1) is 15.1. The van der Waals surface area contributed by atoms with E-state index in [2.05, 4.69) is 28.6 Å². The van der Waals surface area contributed by atoms with Gasteiger partial charge in [-0.15, -0.1) is 0 Å². The van der Waals surface area contributed by atoms with Crippen molar-refractivity contribution in [1.82, 2.24) is 16.0 Å². The first-order valence-corrected chi connectivity index (χ1v) is 10.1. The lowest BCUT2D eigenvalue weighted by atomic mass is 10.0. The number of carbonyl (C=O) groups excluding carboxylic acids is 3. The van der Waals surface area contributed by atoms with Crippen molar-refractivity contribution in [3.05, 3.63) is 35.9 Å². The van der Waals surface area contributed by atoms with Crippen LogP contribution in [0.2, 0.25) is 0 Å². The summed E-state index contributed by atoms with van der Waals surface area (Å²) in [6.07, 6.45) is -0.900. The number of carboxylic acids is 2. The summed E-state index contributed by atoms with van der Waals surface area (Å²) in [4.78, 5) is 59.6. The maximum atomic E-state index is 12.6. The second-order valence-electron chi connectivity index (χ2n) is 6.78. The van der Waals surface area contributed by atoms with Gasteiger partial charge in [0, 0.05) is 12.2 Å². The number of aliphatic carboxylic acids is 2. The number of carbonyl (C=O) groups is 5. The second-order valence-corrected chi connectivity index (χ2v) is 7.15. The van der Waals surface area contributed by atoms with Crippen LogP contribution in [0.25, 0.3) is 0 Å². The number of carboxylic acid groups (broad SMARTS) is 2. The zero-order valence-electron chi connectivity index (χ0n) is 16.9. The number of nitrogens with two attached hydrogens (primary N) is 1. The predicted molar refractivity (Wildman–Crippen MR) is 115 cm³/mol. The van der Waals surface area contributed by atoms with Crippen molar-refractivity contribution in [2.24, 2.45) is 5.73 Å². The van der Waals surface area contributed by atoms with Gasteiger partial charge in [-0.05, 0) is 5.56 Å². The number of rotatable bonds is 13. The lowest BCUT2D eigenvalue weighted by Crippen LogP contribution is -2.58. The van der Waals surface area contributed by atoms with Gasteiger partial charge < -0.3 is 37.0 Å². The maximum Gasteiger partial charge on any atom is 0.326 e. The van der Waals surface area contributed by atoms with Gasteiger partial charge in [-0.2, -0.15) is 12.6 Å². The third-order valence-corrected chi connectivity index (χ3v) is 4.62. The summed E-state index contributed by atoms with van der Waals surface area (Å²) < 4.78 is 0. The number of thiol groups is 1. The van der Waals surface area contributed by atoms with E-state index in [4.69, 9.17) is 15.9 Å². The summed E-state index contributed by atoms with van der Waals surface area (Å²) in [6.45, 7) is -0.672. The molecule has 4 atom stereocenters. The predicted octanol–water partition coefficient (Wildman–Crippen LogP) is -2.51. The highest BCUT2D eigenvalue weighted by molar-refractivity contribution is 7.80. The van der Waals surface area contributed by atoms with Gasteiger partial charge in [0.05, 0.1) is 13.0 Å². The standard InChI is InChI=1S/C19H26N4O8S/c20-11(8-24)16(27)23-14(9-32)18(29)21-12(7-15(25)26)17(28)22-13(19(30)31)6-10-4-2-1-3-5-10/h1-5,11-14,24,32H,6-9,20H2,(H,21,29)(H,22,28)(H,23,27)(H,25,26)(H,30,31). The molecule has 0 radical (unpaired) electrons. The minimum atomic E-state index is -1.62. The van der Waals surface area contributed by atoms with Crippen LogP contribution in [0.15, 0.2) is 30.3 Å². The number of aliphatic hydroxyl groups is 1. The molecule has 0 fully saturated rings. The molecule has 0 saturated heterocycles. The summed E-state index contributed by atoms with van der Waals surface area (Å²) in [5, 5.41) is 34.0. The van der Waals surface area contributed by atoms with E-state index in [-0.39, 0.29) is 12.2 Å². The Morgan fingerprint density at radius 2 is 1.41 bits per heavy atom. The normalized spacial score (nSPS) is 14.3. The molecule has 176 valence electrons. The van der Waals surface area contributed by atoms with Gasteiger partial charge in [0.15, 0.2) is 0 Å². The van der Waals surface area contributed by atoms with E-state index >= 15 is 0 Å². The van der Waals surface area contributed by atoms with Crippen molar-refractivity contribution >= 4 is 42.3 Å². The zero-order chi connectivity index (χ0) is 24.3. The van der Waals surface area contributed by atoms with Crippen molar-refractivity contribution in [3.63, 3.8) is 0 Å². The van der Waals surface area contributed by atoms with Crippen molar-refractivity contribution in [1.29, 1.82) is 0 Å². The molecule has 12 nitrogen and oxygen atoms in total. The molecular formula is C19H26N4O8S. The lowest BCUT2D eigenvalue weighted by Gasteiger charge is -2.23. The Morgan fingerprint density at radius 3 is 1.91 bits per heavy atom. The van der Waals surface area contributed by atoms with Crippen LogP contribution in [0.4, 0.5) is 0 Å². The Morgan fingerprint density at radius 1 is 0.875 bits per heavy atom. The minimum absolute atomic E-state index is 0.0655. The second kappa shape index (κ2) is 13.3. The Kier molecular flexibility index (Phi) is 11.2. The molecule has 13 heteroatoms. The summed E-state index contributed by atoms with van der Waals surface area (Å²) in [5.74, 6) is -5.80. The molecule has 1 aromatic rings. The molecule has 1 rings (SSSR count). The molecule has 0 spiro atoms. The highest BCUT2D eigenvalue weighted by Crippen LogP contribution is 2.05. The number of amides is 3. The summed E-state index contributed by atoms with van der Waals surface area (Å²) in [7, 11) is 0. The fraction of sp³-hybridized carbons (Fsp3) is 0.421. The molecular weight excluding hydrogens is 444 g/mol. The topological polar surface area (TPSA) is 208 Å². The SMILES string of the molecule is NC(CO)C(=O)NC(CS)C(=O)NC(CC(=O)O)C(=O)NC(Cc1ccccc1)C(=O)O. The van der Waals surface area contributed by atoms with Crippen molar-refractivity contribution < 1.29 is 39.3 Å². The third kappa shape index (κ3) is 8.91. The van der Waals surface area contributed by atoms with Crippen LogP contribution in [-0.4, -0.2) is 81.5 Å². The Hall–Kier alpha value is -3.16. The molecule has 4 unspecified atom stereocenters. The number of aliphatic hydroxyl groups excluding tert-OH is 1. The smallest absolute Gasteiger partial charge is 0.326 e. The molecule has 32 heavy (non-hydrogen) atoms. The summed E-state index contributed by atoms with van der Waals surface area (Å²) in [5.41, 5.74) is 5.99. The number of hydrogen-bond acceptors (Lipinski definition) is 8. The van der Waals surface area contributed by atoms with Crippen LogP contribution in [0.1, 0.15) is 12.0 Å². The number of hydrogen-bond donors (Lipinski definition) is 8. The molecule has 8 N–H and O–H groups in total. The van der Waals surface area contributed by atoms with Gasteiger partial charge in [-0.1, -0.05) is 30.3 Å². The first-order valence-electron chi connectivity index (χ1n) is 9.46. The molecule has 0 heterocycles. The Balaban J connectivity index is 2.91. The Bertz CT molecular complexity index is 823. The lowest BCUT2D eigenvalue weighted by molar-refractivity contribution is -0.143.